The molecule has 4 rings (SSSR count). The molecule has 0 aliphatic heterocycles. The van der Waals surface area contributed by atoms with Gasteiger partial charge in [-0.3, -0.25) is 9.59 Å². The van der Waals surface area contributed by atoms with E-state index in [1.54, 1.807) is 30.5 Å². The van der Waals surface area contributed by atoms with Crippen molar-refractivity contribution in [3.8, 4) is 5.75 Å². The van der Waals surface area contributed by atoms with E-state index in [1.807, 2.05) is 91.0 Å². The molecule has 0 radical (unpaired) electrons. The van der Waals surface area contributed by atoms with E-state index >= 15 is 0 Å². The molecule has 1 atom stereocenters. The van der Waals surface area contributed by atoms with Gasteiger partial charge in [0.15, 0.2) is 0 Å². The van der Waals surface area contributed by atoms with Gasteiger partial charge in [0.05, 0.1) is 18.7 Å². The van der Waals surface area contributed by atoms with E-state index in [9.17, 15) is 9.59 Å². The fraction of sp³-hybridized carbons (Fsp3) is 0.100. The van der Waals surface area contributed by atoms with Crippen LogP contribution in [0.2, 0.25) is 0 Å². The van der Waals surface area contributed by atoms with E-state index in [4.69, 9.17) is 4.74 Å². The predicted molar refractivity (Wildman–Crippen MR) is 141 cm³/mol. The summed E-state index contributed by atoms with van der Waals surface area (Å²) < 4.78 is 5.94. The average Bonchev–Trinajstić information content (AvgIpc) is 2.93. The molecule has 0 heterocycles. The number of hydrazone groups is 1. The first-order valence-corrected chi connectivity index (χ1v) is 11.7. The van der Waals surface area contributed by atoms with Crippen molar-refractivity contribution < 1.29 is 14.3 Å². The predicted octanol–water partition coefficient (Wildman–Crippen LogP) is 5.28. The first-order valence-electron chi connectivity index (χ1n) is 11.7. The molecular formula is C30H27N3O3. The van der Waals surface area contributed by atoms with Gasteiger partial charge < -0.3 is 10.1 Å². The molecule has 4 aromatic rings. The lowest BCUT2D eigenvalue weighted by molar-refractivity contribution is -0.121. The smallest absolute Gasteiger partial charge is 0.251 e. The maximum absolute atomic E-state index is 12.7. The van der Waals surface area contributed by atoms with Gasteiger partial charge in [-0.1, -0.05) is 91.0 Å². The number of hydrogen-bond acceptors (Lipinski definition) is 4. The quantitative estimate of drug-likeness (QED) is 0.241. The van der Waals surface area contributed by atoms with Crippen molar-refractivity contribution in [3.63, 3.8) is 0 Å². The van der Waals surface area contributed by atoms with Gasteiger partial charge in [-0.2, -0.15) is 5.10 Å². The summed E-state index contributed by atoms with van der Waals surface area (Å²) in [6.45, 7) is 0.428. The molecular weight excluding hydrogens is 450 g/mol. The molecule has 2 N–H and O–H groups in total. The van der Waals surface area contributed by atoms with Crippen LogP contribution in [-0.4, -0.2) is 18.0 Å². The Labute approximate surface area is 210 Å². The lowest BCUT2D eigenvalue weighted by atomic mass is 10.0. The van der Waals surface area contributed by atoms with Crippen LogP contribution in [0.15, 0.2) is 120 Å². The second-order valence-corrected chi connectivity index (χ2v) is 8.11. The van der Waals surface area contributed by atoms with E-state index in [0.717, 1.165) is 16.7 Å². The molecule has 2 amide bonds. The number of amides is 2. The van der Waals surface area contributed by atoms with E-state index in [1.165, 1.54) is 0 Å². The number of carbonyl (C=O) groups is 2. The highest BCUT2D eigenvalue weighted by Gasteiger charge is 2.19. The van der Waals surface area contributed by atoms with Crippen LogP contribution in [0, 0.1) is 0 Å². The lowest BCUT2D eigenvalue weighted by Gasteiger charge is -2.18. The molecule has 36 heavy (non-hydrogen) atoms. The Bertz CT molecular complexity index is 1290. The number of hydrogen-bond donors (Lipinski definition) is 2. The zero-order chi connectivity index (χ0) is 25.0. The second kappa shape index (κ2) is 12.7. The molecule has 0 aliphatic rings. The van der Waals surface area contributed by atoms with Crippen LogP contribution in [0.1, 0.15) is 39.5 Å². The van der Waals surface area contributed by atoms with Gasteiger partial charge in [0, 0.05) is 11.1 Å². The summed E-state index contributed by atoms with van der Waals surface area (Å²) in [6, 6.07) is 35.2. The highest BCUT2D eigenvalue weighted by Crippen LogP contribution is 2.19. The maximum Gasteiger partial charge on any atom is 0.251 e. The molecule has 0 unspecified atom stereocenters. The van der Waals surface area contributed by atoms with Crippen LogP contribution in [0.3, 0.4) is 0 Å². The molecule has 0 aromatic heterocycles. The third-order valence-corrected chi connectivity index (χ3v) is 5.48. The number of benzene rings is 4. The minimum Gasteiger partial charge on any atom is -0.488 e. The number of nitrogens with one attached hydrogen (secondary N) is 2. The Balaban J connectivity index is 1.38. The van der Waals surface area contributed by atoms with Crippen molar-refractivity contribution in [2.45, 2.75) is 19.1 Å². The van der Waals surface area contributed by atoms with Crippen molar-refractivity contribution in [1.29, 1.82) is 0 Å². The molecule has 0 fully saturated rings. The summed E-state index contributed by atoms with van der Waals surface area (Å²) in [5.74, 6) is 0.0954. The third-order valence-electron chi connectivity index (χ3n) is 5.48. The Kier molecular flexibility index (Phi) is 8.59. The highest BCUT2D eigenvalue weighted by atomic mass is 16.5. The van der Waals surface area contributed by atoms with E-state index < -0.39 is 6.04 Å². The fourth-order valence-electron chi connectivity index (χ4n) is 3.63. The maximum atomic E-state index is 12.7. The summed E-state index contributed by atoms with van der Waals surface area (Å²) >= 11 is 0. The van der Waals surface area contributed by atoms with Gasteiger partial charge in [0.2, 0.25) is 5.91 Å². The molecule has 4 aromatic carbocycles. The van der Waals surface area contributed by atoms with E-state index in [0.29, 0.717) is 17.9 Å². The van der Waals surface area contributed by atoms with Crippen LogP contribution >= 0.6 is 0 Å². The Morgan fingerprint density at radius 3 is 2.11 bits per heavy atom. The monoisotopic (exact) mass is 477 g/mol. The van der Waals surface area contributed by atoms with Crippen molar-refractivity contribution in [1.82, 2.24) is 10.7 Å². The minimum absolute atomic E-state index is 0.0338. The first kappa shape index (κ1) is 24.4. The Hall–Kier alpha value is -4.71. The molecule has 0 spiro atoms. The van der Waals surface area contributed by atoms with Crippen LogP contribution < -0.4 is 15.5 Å². The zero-order valence-corrected chi connectivity index (χ0v) is 19.7. The number of carbonyl (C=O) groups excluding carboxylic acids is 2. The van der Waals surface area contributed by atoms with Crippen LogP contribution in [0.4, 0.5) is 0 Å². The Morgan fingerprint density at radius 1 is 0.778 bits per heavy atom. The van der Waals surface area contributed by atoms with Crippen molar-refractivity contribution in [2.24, 2.45) is 5.10 Å². The van der Waals surface area contributed by atoms with Crippen LogP contribution in [0.5, 0.6) is 5.75 Å². The van der Waals surface area contributed by atoms with E-state index in [-0.39, 0.29) is 18.2 Å². The van der Waals surface area contributed by atoms with Crippen LogP contribution in [0.25, 0.3) is 0 Å². The zero-order valence-electron chi connectivity index (χ0n) is 19.7. The van der Waals surface area contributed by atoms with Gasteiger partial charge in [0.25, 0.3) is 5.91 Å². The lowest BCUT2D eigenvalue weighted by Crippen LogP contribution is -2.32. The number of rotatable bonds is 10. The molecule has 0 saturated carbocycles. The number of nitrogens with zero attached hydrogens (tertiary/aromatic N) is 1. The Morgan fingerprint density at radius 2 is 1.39 bits per heavy atom. The van der Waals surface area contributed by atoms with Crippen molar-refractivity contribution in [2.75, 3.05) is 0 Å². The topological polar surface area (TPSA) is 79.8 Å². The summed E-state index contributed by atoms with van der Waals surface area (Å²) in [5.41, 5.74) is 5.73. The molecule has 180 valence electrons. The van der Waals surface area contributed by atoms with Crippen LogP contribution in [-0.2, 0) is 11.4 Å². The molecule has 0 saturated heterocycles. The SMILES string of the molecule is O=C(C[C@@H](NC(=O)c1ccccc1)c1ccccc1)N/N=C\c1ccccc1OCc1ccccc1. The van der Waals surface area contributed by atoms with Gasteiger partial charge in [0.1, 0.15) is 12.4 Å². The minimum atomic E-state index is -0.504. The van der Waals surface area contributed by atoms with Gasteiger partial charge in [-0.05, 0) is 35.4 Å². The van der Waals surface area contributed by atoms with Gasteiger partial charge in [-0.25, -0.2) is 5.43 Å². The molecule has 6 heteroatoms. The summed E-state index contributed by atoms with van der Waals surface area (Å²) in [7, 11) is 0. The fourth-order valence-corrected chi connectivity index (χ4v) is 3.63. The summed E-state index contributed by atoms with van der Waals surface area (Å²) in [6.07, 6.45) is 1.59. The molecule has 6 nitrogen and oxygen atoms in total. The largest absolute Gasteiger partial charge is 0.488 e. The standard InChI is InChI=1S/C30H27N3O3/c34-29(20-27(24-14-6-2-7-15-24)32-30(35)25-16-8-3-9-17-25)33-31-21-26-18-10-11-19-28(26)36-22-23-12-4-1-5-13-23/h1-19,21,27H,20,22H2,(H,32,35)(H,33,34)/b31-21-/t27-/m1/s1. The second-order valence-electron chi connectivity index (χ2n) is 8.11. The van der Waals surface area contributed by atoms with Crippen molar-refractivity contribution >= 4 is 18.0 Å². The molecule has 0 bridgehead atoms. The highest BCUT2D eigenvalue weighted by molar-refractivity contribution is 5.94. The molecule has 0 aliphatic carbocycles. The summed E-state index contributed by atoms with van der Waals surface area (Å²) in [4.78, 5) is 25.4. The summed E-state index contributed by atoms with van der Waals surface area (Å²) in [5, 5.41) is 7.08. The van der Waals surface area contributed by atoms with E-state index in [2.05, 4.69) is 15.8 Å². The third kappa shape index (κ3) is 7.14. The normalized spacial score (nSPS) is 11.6. The van der Waals surface area contributed by atoms with Gasteiger partial charge in [-0.15, -0.1) is 0 Å². The number of ether oxygens (including phenoxy) is 1. The number of para-hydroxylation sites is 1. The first-order chi connectivity index (χ1) is 17.7. The average molecular weight is 478 g/mol. The van der Waals surface area contributed by atoms with Gasteiger partial charge >= 0.3 is 0 Å². The van der Waals surface area contributed by atoms with Crippen molar-refractivity contribution in [3.05, 3.63) is 138 Å².